The molecule has 13 heavy (non-hydrogen) atoms. The zero-order chi connectivity index (χ0) is 10.4. The van der Waals surface area contributed by atoms with Crippen LogP contribution in [-0.2, 0) is 19.1 Å². The molecule has 1 unspecified atom stereocenters. The summed E-state index contributed by atoms with van der Waals surface area (Å²) in [5.41, 5.74) is 0. The second-order valence-corrected chi connectivity index (χ2v) is 2.11. The molecule has 1 atom stereocenters. The first kappa shape index (κ1) is 11.4. The summed E-state index contributed by atoms with van der Waals surface area (Å²) < 4.78 is 4.06. The summed E-state index contributed by atoms with van der Waals surface area (Å²) in [5.74, 6) is -3.98. The van der Waals surface area contributed by atoms with E-state index < -0.39 is 37.0 Å². The maximum absolute atomic E-state index is 10.6. The minimum absolute atomic E-state index is 0.761. The number of aliphatic hydroxyl groups excluding tert-OH is 1. The predicted molar refractivity (Wildman–Crippen MR) is 36.9 cm³/mol. The van der Waals surface area contributed by atoms with Crippen molar-refractivity contribution in [2.45, 2.75) is 12.5 Å². The molecule has 7 nitrogen and oxygen atoms in total. The molecule has 0 amide bonds. The van der Waals surface area contributed by atoms with Gasteiger partial charge >= 0.3 is 17.9 Å². The number of aliphatic carboxylic acids is 2. The van der Waals surface area contributed by atoms with Gasteiger partial charge in [0.05, 0.1) is 6.42 Å². The molecule has 0 aliphatic heterocycles. The summed E-state index contributed by atoms with van der Waals surface area (Å²) in [6.07, 6.45) is -2.62. The number of carbonyl (C=O) groups is 3. The first-order valence-corrected chi connectivity index (χ1v) is 3.21. The fourth-order valence-electron chi connectivity index (χ4n) is 0.446. The van der Waals surface area contributed by atoms with Gasteiger partial charge in [0.1, 0.15) is 0 Å². The quantitative estimate of drug-likeness (QED) is 0.451. The summed E-state index contributed by atoms with van der Waals surface area (Å²) in [6.45, 7) is -0.842. The van der Waals surface area contributed by atoms with Gasteiger partial charge in [0.2, 0.25) is 0 Å². The van der Waals surface area contributed by atoms with E-state index >= 15 is 0 Å². The highest BCUT2D eigenvalue weighted by molar-refractivity contribution is 5.81. The van der Waals surface area contributed by atoms with Gasteiger partial charge in [-0.25, -0.2) is 9.59 Å². The Morgan fingerprint density at radius 1 is 1.23 bits per heavy atom. The molecule has 0 saturated heterocycles. The summed E-state index contributed by atoms with van der Waals surface area (Å²) in [4.78, 5) is 30.4. The van der Waals surface area contributed by atoms with Crippen LogP contribution in [0.3, 0.4) is 0 Å². The normalized spacial score (nSPS) is 11.8. The fraction of sp³-hybridized carbons (Fsp3) is 0.500. The minimum Gasteiger partial charge on any atom is -0.479 e. The number of esters is 1. The number of carbonyl (C=O) groups excluding carboxylic acids is 1. The lowest BCUT2D eigenvalue weighted by molar-refractivity contribution is -0.160. The molecule has 0 radical (unpaired) electrons. The van der Waals surface area contributed by atoms with Gasteiger partial charge in [-0.1, -0.05) is 0 Å². The zero-order valence-electron chi connectivity index (χ0n) is 6.47. The van der Waals surface area contributed by atoms with E-state index in [2.05, 4.69) is 4.74 Å². The molecule has 0 saturated carbocycles. The fourth-order valence-corrected chi connectivity index (χ4v) is 0.446. The second-order valence-electron chi connectivity index (χ2n) is 2.11. The average Bonchev–Trinajstić information content (AvgIpc) is 2.00. The molecule has 0 rings (SSSR count). The van der Waals surface area contributed by atoms with Gasteiger partial charge in [-0.05, 0) is 0 Å². The van der Waals surface area contributed by atoms with Gasteiger partial charge in [-0.2, -0.15) is 0 Å². The van der Waals surface area contributed by atoms with Crippen molar-refractivity contribution in [1.82, 2.24) is 0 Å². The third-order valence-corrected chi connectivity index (χ3v) is 1.00. The molecule has 0 aliphatic rings. The van der Waals surface area contributed by atoms with Crippen molar-refractivity contribution in [1.29, 1.82) is 0 Å². The van der Waals surface area contributed by atoms with Crippen molar-refractivity contribution in [2.75, 3.05) is 6.61 Å². The van der Waals surface area contributed by atoms with Crippen LogP contribution in [0.25, 0.3) is 0 Å². The number of aliphatic hydroxyl groups is 1. The van der Waals surface area contributed by atoms with Crippen LogP contribution in [-0.4, -0.2) is 45.9 Å². The Kier molecular flexibility index (Phi) is 4.45. The Morgan fingerprint density at radius 2 is 1.77 bits per heavy atom. The number of hydrogen-bond acceptors (Lipinski definition) is 5. The molecular weight excluding hydrogens is 184 g/mol. The minimum atomic E-state index is -1.86. The van der Waals surface area contributed by atoms with E-state index in [1.165, 1.54) is 0 Å². The van der Waals surface area contributed by atoms with E-state index in [0.29, 0.717) is 0 Å². The summed E-state index contributed by atoms with van der Waals surface area (Å²) in [6, 6.07) is 0. The molecule has 0 spiro atoms. The Bertz CT molecular complexity index is 221. The Morgan fingerprint density at radius 3 is 2.15 bits per heavy atom. The lowest BCUT2D eigenvalue weighted by Gasteiger charge is -2.03. The number of rotatable bonds is 5. The highest BCUT2D eigenvalue weighted by atomic mass is 16.5. The van der Waals surface area contributed by atoms with E-state index in [1.54, 1.807) is 0 Å². The highest BCUT2D eigenvalue weighted by Gasteiger charge is 2.19. The van der Waals surface area contributed by atoms with Gasteiger partial charge in [-0.3, -0.25) is 4.79 Å². The third-order valence-electron chi connectivity index (χ3n) is 1.00. The maximum Gasteiger partial charge on any atom is 0.341 e. The highest BCUT2D eigenvalue weighted by Crippen LogP contribution is 1.94. The van der Waals surface area contributed by atoms with Crippen LogP contribution >= 0.6 is 0 Å². The van der Waals surface area contributed by atoms with Crippen LogP contribution in [0.1, 0.15) is 6.42 Å². The Hall–Kier alpha value is -1.63. The van der Waals surface area contributed by atoms with E-state index in [-0.39, 0.29) is 0 Å². The maximum atomic E-state index is 10.6. The van der Waals surface area contributed by atoms with Crippen molar-refractivity contribution in [2.24, 2.45) is 0 Å². The molecule has 3 N–H and O–H groups in total. The van der Waals surface area contributed by atoms with Crippen LogP contribution in [0.4, 0.5) is 0 Å². The van der Waals surface area contributed by atoms with Gasteiger partial charge in [-0.15, -0.1) is 0 Å². The standard InChI is InChI=1S/C6H8O7/c7-3(6(11)12)1-5(10)13-2-4(8)9/h3,7H,1-2H2,(H,8,9)(H,11,12). The van der Waals surface area contributed by atoms with E-state index in [4.69, 9.17) is 15.3 Å². The average molecular weight is 192 g/mol. The molecule has 0 aromatic heterocycles. The summed E-state index contributed by atoms with van der Waals surface area (Å²) >= 11 is 0. The number of carboxylic acid groups (broad SMARTS) is 2. The molecule has 0 aromatic carbocycles. The molecule has 0 aromatic rings. The van der Waals surface area contributed by atoms with Crippen molar-refractivity contribution in [3.63, 3.8) is 0 Å². The van der Waals surface area contributed by atoms with Crippen LogP contribution in [0, 0.1) is 0 Å². The first-order valence-electron chi connectivity index (χ1n) is 3.21. The molecule has 7 heteroatoms. The number of ether oxygens (including phenoxy) is 1. The molecule has 74 valence electrons. The topological polar surface area (TPSA) is 121 Å². The Balaban J connectivity index is 3.74. The van der Waals surface area contributed by atoms with Gasteiger partial charge in [0.15, 0.2) is 12.7 Å². The molecule has 0 aliphatic carbocycles. The largest absolute Gasteiger partial charge is 0.479 e. The van der Waals surface area contributed by atoms with Crippen molar-refractivity contribution in [3.8, 4) is 0 Å². The van der Waals surface area contributed by atoms with Gasteiger partial charge in [0.25, 0.3) is 0 Å². The molecule has 0 bridgehead atoms. The first-order chi connectivity index (χ1) is 5.93. The van der Waals surface area contributed by atoms with Crippen molar-refractivity contribution in [3.05, 3.63) is 0 Å². The van der Waals surface area contributed by atoms with Crippen molar-refractivity contribution >= 4 is 17.9 Å². The molecular formula is C6H8O7. The SMILES string of the molecule is O=C(O)COC(=O)CC(O)C(=O)O. The number of hydrogen-bond donors (Lipinski definition) is 3. The van der Waals surface area contributed by atoms with Crippen LogP contribution in [0.15, 0.2) is 0 Å². The zero-order valence-corrected chi connectivity index (χ0v) is 6.47. The lowest BCUT2D eigenvalue weighted by atomic mass is 10.2. The number of carboxylic acids is 2. The predicted octanol–water partition coefficient (Wildman–Crippen LogP) is -1.55. The van der Waals surface area contributed by atoms with Crippen LogP contribution < -0.4 is 0 Å². The van der Waals surface area contributed by atoms with E-state index in [1.807, 2.05) is 0 Å². The Labute approximate surface area is 72.5 Å². The van der Waals surface area contributed by atoms with Crippen LogP contribution in [0.5, 0.6) is 0 Å². The third kappa shape index (κ3) is 5.62. The molecule has 0 heterocycles. The monoisotopic (exact) mass is 192 g/mol. The van der Waals surface area contributed by atoms with Gasteiger partial charge in [0, 0.05) is 0 Å². The summed E-state index contributed by atoms with van der Waals surface area (Å²) in [7, 11) is 0. The van der Waals surface area contributed by atoms with Crippen LogP contribution in [0.2, 0.25) is 0 Å². The summed E-state index contributed by atoms with van der Waals surface area (Å²) in [5, 5.41) is 24.8. The molecule has 0 fully saturated rings. The smallest absolute Gasteiger partial charge is 0.341 e. The van der Waals surface area contributed by atoms with Crippen molar-refractivity contribution < 1.29 is 34.4 Å². The van der Waals surface area contributed by atoms with E-state index in [0.717, 1.165) is 0 Å². The lowest BCUT2D eigenvalue weighted by Crippen LogP contribution is -2.25. The second kappa shape index (κ2) is 5.09. The van der Waals surface area contributed by atoms with E-state index in [9.17, 15) is 14.4 Å². The van der Waals surface area contributed by atoms with Gasteiger partial charge < -0.3 is 20.1 Å².